The van der Waals surface area contributed by atoms with Crippen molar-refractivity contribution in [2.24, 2.45) is 11.8 Å². The van der Waals surface area contributed by atoms with Crippen molar-refractivity contribution in [1.29, 1.82) is 0 Å². The molecular weight excluding hydrogens is 575 g/mol. The van der Waals surface area contributed by atoms with Crippen molar-refractivity contribution in [3.63, 3.8) is 0 Å². The lowest BCUT2D eigenvalue weighted by molar-refractivity contribution is -0.148. The van der Waals surface area contributed by atoms with Crippen LogP contribution in [0.5, 0.6) is 0 Å². The van der Waals surface area contributed by atoms with E-state index in [1.165, 1.54) is 10.4 Å². The van der Waals surface area contributed by atoms with Gasteiger partial charge in [0.25, 0.3) is 8.32 Å². The molecular formula is C31H45IO3Si. The van der Waals surface area contributed by atoms with Crippen LogP contribution in [0.15, 0.2) is 72.8 Å². The summed E-state index contributed by atoms with van der Waals surface area (Å²) >= 11 is 2.42. The third kappa shape index (κ3) is 6.71. The highest BCUT2D eigenvalue weighted by atomic mass is 127. The zero-order chi connectivity index (χ0) is 26.6. The van der Waals surface area contributed by atoms with Crippen LogP contribution in [0.3, 0.4) is 0 Å². The summed E-state index contributed by atoms with van der Waals surface area (Å²) < 4.78 is 20.9. The van der Waals surface area contributed by atoms with Gasteiger partial charge in [-0.25, -0.2) is 0 Å². The van der Waals surface area contributed by atoms with Crippen LogP contribution in [0.4, 0.5) is 0 Å². The van der Waals surface area contributed by atoms with Crippen molar-refractivity contribution in [1.82, 2.24) is 0 Å². The van der Waals surface area contributed by atoms with Crippen molar-refractivity contribution in [2.45, 2.75) is 90.9 Å². The number of alkyl halides is 1. The van der Waals surface area contributed by atoms with E-state index in [4.69, 9.17) is 13.9 Å². The fourth-order valence-corrected chi connectivity index (χ4v) is 10.7. The van der Waals surface area contributed by atoms with Gasteiger partial charge >= 0.3 is 0 Å². The molecule has 36 heavy (non-hydrogen) atoms. The minimum Gasteiger partial charge on any atom is -0.404 e. The average Bonchev–Trinajstić information content (AvgIpc) is 3.15. The molecule has 4 unspecified atom stereocenters. The van der Waals surface area contributed by atoms with E-state index in [-0.39, 0.29) is 35.2 Å². The summed E-state index contributed by atoms with van der Waals surface area (Å²) in [5, 5.41) is 2.61. The van der Waals surface area contributed by atoms with Crippen LogP contribution >= 0.6 is 22.6 Å². The number of rotatable bonds is 10. The van der Waals surface area contributed by atoms with Gasteiger partial charge in [0.1, 0.15) is 0 Å². The van der Waals surface area contributed by atoms with Crippen LogP contribution < -0.4 is 10.4 Å². The Kier molecular flexibility index (Phi) is 10.1. The van der Waals surface area contributed by atoms with E-state index >= 15 is 0 Å². The first-order valence-corrected chi connectivity index (χ1v) is 16.7. The van der Waals surface area contributed by atoms with Crippen molar-refractivity contribution >= 4 is 41.3 Å². The Bertz CT molecular complexity index is 931. The molecule has 1 fully saturated rings. The molecule has 0 bridgehead atoms. The van der Waals surface area contributed by atoms with Gasteiger partial charge in [-0.15, -0.1) is 0 Å². The lowest BCUT2D eigenvalue weighted by Gasteiger charge is -2.45. The largest absolute Gasteiger partial charge is 0.404 e. The first-order valence-electron chi connectivity index (χ1n) is 13.3. The molecule has 2 aromatic rings. The van der Waals surface area contributed by atoms with Gasteiger partial charge in [-0.05, 0) is 48.5 Å². The van der Waals surface area contributed by atoms with Crippen LogP contribution in [0.25, 0.3) is 0 Å². The molecule has 3 nitrogen and oxygen atoms in total. The van der Waals surface area contributed by atoms with E-state index in [1.54, 1.807) is 0 Å². The SMILES string of the molecule is CC(/C=C\[C@@H](C)C(C)O[Si](c1ccccc1)(c1ccccc1)C(C)(C)C)C1OC(C)(C)OC1CCI. The van der Waals surface area contributed by atoms with Crippen LogP contribution in [-0.2, 0) is 13.9 Å². The highest BCUT2D eigenvalue weighted by molar-refractivity contribution is 14.1. The van der Waals surface area contributed by atoms with Gasteiger partial charge in [0.2, 0.25) is 0 Å². The Balaban J connectivity index is 1.86. The fourth-order valence-electron chi connectivity index (χ4n) is 5.33. The summed E-state index contributed by atoms with van der Waals surface area (Å²) in [6, 6.07) is 21.8. The number of halogens is 1. The molecule has 1 aliphatic rings. The standard InChI is InChI=1S/C31H45IO3Si/c1-23(19-20-24(2)29-28(21-22-32)33-31(7,8)34-29)25(3)35-36(30(4,5)6,26-15-11-9-12-16-26)27-17-13-10-14-18-27/h9-20,23-25,28-29H,21-22H2,1-8H3/b20-19-/t23-,24?,25?,28?,29?/m1/s1. The second-order valence-electron chi connectivity index (χ2n) is 11.7. The van der Waals surface area contributed by atoms with Gasteiger partial charge in [0.15, 0.2) is 5.79 Å². The maximum atomic E-state index is 7.32. The first kappa shape index (κ1) is 29.6. The Morgan fingerprint density at radius 1 is 0.917 bits per heavy atom. The van der Waals surface area contributed by atoms with E-state index in [9.17, 15) is 0 Å². The molecule has 0 spiro atoms. The number of ether oxygens (including phenoxy) is 2. The van der Waals surface area contributed by atoms with E-state index in [0.29, 0.717) is 0 Å². The van der Waals surface area contributed by atoms with Crippen molar-refractivity contribution in [3.05, 3.63) is 72.8 Å². The van der Waals surface area contributed by atoms with E-state index in [0.717, 1.165) is 10.8 Å². The second kappa shape index (κ2) is 12.2. The molecule has 0 aromatic heterocycles. The summed E-state index contributed by atoms with van der Waals surface area (Å²) in [5.74, 6) is 0.00356. The predicted octanol–water partition coefficient (Wildman–Crippen LogP) is 7.13. The molecule has 5 heteroatoms. The average molecular weight is 621 g/mol. The van der Waals surface area contributed by atoms with Gasteiger partial charge in [-0.2, -0.15) is 0 Å². The Hall–Kier alpha value is -0.993. The minimum absolute atomic E-state index is 0.0338. The van der Waals surface area contributed by atoms with Gasteiger partial charge in [0, 0.05) is 16.4 Å². The Morgan fingerprint density at radius 2 is 1.44 bits per heavy atom. The van der Waals surface area contributed by atoms with Crippen molar-refractivity contribution in [3.8, 4) is 0 Å². The molecule has 5 atom stereocenters. The summed E-state index contributed by atoms with van der Waals surface area (Å²) in [7, 11) is -2.58. The number of hydrogen-bond acceptors (Lipinski definition) is 3. The normalized spacial score (nSPS) is 23.0. The number of benzene rings is 2. The highest BCUT2D eigenvalue weighted by Crippen LogP contribution is 2.39. The van der Waals surface area contributed by atoms with Gasteiger partial charge in [-0.3, -0.25) is 0 Å². The number of hydrogen-bond donors (Lipinski definition) is 0. The monoisotopic (exact) mass is 620 g/mol. The zero-order valence-corrected chi connectivity index (χ0v) is 26.5. The molecule has 0 saturated carbocycles. The lowest BCUT2D eigenvalue weighted by atomic mass is 9.95. The summed E-state index contributed by atoms with van der Waals surface area (Å²) in [6.45, 7) is 17.8. The van der Waals surface area contributed by atoms with Crippen LogP contribution in [0.2, 0.25) is 5.04 Å². The lowest BCUT2D eigenvalue weighted by Crippen LogP contribution is -2.67. The van der Waals surface area contributed by atoms with Gasteiger partial charge < -0.3 is 13.9 Å². The third-order valence-electron chi connectivity index (χ3n) is 7.37. The molecule has 0 N–H and O–H groups in total. The molecule has 198 valence electrons. The van der Waals surface area contributed by atoms with Crippen LogP contribution in [0, 0.1) is 11.8 Å². The minimum atomic E-state index is -2.58. The maximum Gasteiger partial charge on any atom is 0.261 e. The smallest absolute Gasteiger partial charge is 0.261 e. The molecule has 1 aliphatic heterocycles. The third-order valence-corrected chi connectivity index (χ3v) is 13.1. The maximum absolute atomic E-state index is 7.32. The van der Waals surface area contributed by atoms with Crippen LogP contribution in [-0.4, -0.2) is 36.8 Å². The predicted molar refractivity (Wildman–Crippen MR) is 163 cm³/mol. The molecule has 1 saturated heterocycles. The highest BCUT2D eigenvalue weighted by Gasteiger charge is 2.51. The van der Waals surface area contributed by atoms with Crippen molar-refractivity contribution < 1.29 is 13.9 Å². The van der Waals surface area contributed by atoms with Crippen molar-refractivity contribution in [2.75, 3.05) is 4.43 Å². The van der Waals surface area contributed by atoms with E-state index in [2.05, 4.69) is 137 Å². The topological polar surface area (TPSA) is 27.7 Å². The van der Waals surface area contributed by atoms with Crippen LogP contribution in [0.1, 0.15) is 61.8 Å². The molecule has 3 rings (SSSR count). The Labute approximate surface area is 234 Å². The van der Waals surface area contributed by atoms with E-state index < -0.39 is 14.1 Å². The van der Waals surface area contributed by atoms with Gasteiger partial charge in [0.05, 0.1) is 12.2 Å². The van der Waals surface area contributed by atoms with Gasteiger partial charge in [-0.1, -0.05) is 130 Å². The molecule has 1 heterocycles. The molecule has 2 aromatic carbocycles. The fraction of sp³-hybridized carbons (Fsp3) is 0.548. The van der Waals surface area contributed by atoms with E-state index in [1.807, 2.05) is 13.8 Å². The Morgan fingerprint density at radius 3 is 1.92 bits per heavy atom. The summed E-state index contributed by atoms with van der Waals surface area (Å²) in [4.78, 5) is 0. The first-order chi connectivity index (χ1) is 16.9. The quantitative estimate of drug-likeness (QED) is 0.123. The zero-order valence-electron chi connectivity index (χ0n) is 23.3. The molecule has 0 radical (unpaired) electrons. The molecule has 0 amide bonds. The summed E-state index contributed by atoms with van der Waals surface area (Å²) in [6.07, 6.45) is 5.91. The summed E-state index contributed by atoms with van der Waals surface area (Å²) in [5.41, 5.74) is 0. The molecule has 0 aliphatic carbocycles. The second-order valence-corrected chi connectivity index (χ2v) is 17.0.